The van der Waals surface area contributed by atoms with E-state index in [-0.39, 0.29) is 29.4 Å². The van der Waals surface area contributed by atoms with Crippen LogP contribution in [0.3, 0.4) is 0 Å². The number of non-ortho nitro benzene ring substituents is 1. The lowest BCUT2D eigenvalue weighted by atomic mass is 9.90. The quantitative estimate of drug-likeness (QED) is 0.181. The first-order chi connectivity index (χ1) is 17.1. The smallest absolute Gasteiger partial charge is 0.434 e. The minimum absolute atomic E-state index is 0.000995. The molecule has 0 saturated carbocycles. The van der Waals surface area contributed by atoms with Crippen molar-refractivity contribution in [1.29, 1.82) is 0 Å². The molecule has 14 heteroatoms. The lowest BCUT2D eigenvalue weighted by Crippen LogP contribution is -2.29. The molecule has 1 atom stereocenters. The maximum absolute atomic E-state index is 12.4. The molecule has 1 aliphatic heterocycles. The number of benzene rings is 1. The third kappa shape index (κ3) is 8.14. The molecule has 36 heavy (non-hydrogen) atoms. The van der Waals surface area contributed by atoms with Gasteiger partial charge in [0, 0.05) is 12.1 Å². The summed E-state index contributed by atoms with van der Waals surface area (Å²) in [4.78, 5) is 49.7. The van der Waals surface area contributed by atoms with Gasteiger partial charge in [-0.15, -0.1) is 10.1 Å². The van der Waals surface area contributed by atoms with Crippen LogP contribution in [0, 0.1) is 20.2 Å². The summed E-state index contributed by atoms with van der Waals surface area (Å²) in [5, 5.41) is 23.5. The van der Waals surface area contributed by atoms with Crippen molar-refractivity contribution in [3.05, 3.63) is 73.0 Å². The van der Waals surface area contributed by atoms with Crippen molar-refractivity contribution in [2.24, 2.45) is 0 Å². The van der Waals surface area contributed by atoms with Gasteiger partial charge in [0.25, 0.3) is 10.8 Å². The normalized spacial score (nSPS) is 15.0. The van der Waals surface area contributed by atoms with Crippen molar-refractivity contribution >= 4 is 18.0 Å². The zero-order chi connectivity index (χ0) is 26.7. The summed E-state index contributed by atoms with van der Waals surface area (Å²) in [5.74, 6) is -1.12. The second kappa shape index (κ2) is 13.5. The van der Waals surface area contributed by atoms with Gasteiger partial charge in [0.05, 0.1) is 22.9 Å². The minimum atomic E-state index is -1.21. The molecule has 0 bridgehead atoms. The van der Waals surface area contributed by atoms with Crippen molar-refractivity contribution in [3.63, 3.8) is 0 Å². The molecule has 0 amide bonds. The van der Waals surface area contributed by atoms with Crippen LogP contribution >= 0.6 is 0 Å². The molecule has 1 aromatic carbocycles. The third-order valence-electron chi connectivity index (χ3n) is 4.91. The van der Waals surface area contributed by atoms with Crippen LogP contribution in [-0.4, -0.2) is 42.1 Å². The van der Waals surface area contributed by atoms with Crippen LogP contribution in [0.1, 0.15) is 51.5 Å². The molecule has 0 fully saturated rings. The molecule has 0 radical (unpaired) electrons. The second-order valence-corrected chi connectivity index (χ2v) is 7.55. The Morgan fingerprint density at radius 1 is 0.944 bits per heavy atom. The highest BCUT2D eigenvalue weighted by Gasteiger charge is 2.36. The van der Waals surface area contributed by atoms with E-state index >= 15 is 0 Å². The van der Waals surface area contributed by atoms with Crippen molar-refractivity contribution in [3.8, 4) is 0 Å². The number of hydrogen-bond donors (Lipinski definition) is 1. The van der Waals surface area contributed by atoms with Crippen molar-refractivity contribution in [2.75, 3.05) is 19.8 Å². The van der Waals surface area contributed by atoms with Gasteiger partial charge in [-0.1, -0.05) is 31.9 Å². The van der Waals surface area contributed by atoms with Gasteiger partial charge in [-0.2, -0.15) is 0 Å². The molecule has 196 valence electrons. The summed E-state index contributed by atoms with van der Waals surface area (Å²) in [7, 11) is 0. The molecule has 0 aliphatic carbocycles. The molecule has 1 unspecified atom stereocenters. The standard InChI is InChI=1S/C22H27N3O11/c1-4-5-6-10-32-21(26)35-19-14(2)23-15(3)20(36-22(27)33-11-12-34-25(30)31)18(19)16-8-7-9-17(13-16)24(28)29/h7-9,13,18,23H,4-6,10-12H2,1-3H3. The van der Waals surface area contributed by atoms with E-state index < -0.39 is 41.5 Å². The number of unbranched alkanes of at least 4 members (excludes halogenated alkanes) is 2. The lowest BCUT2D eigenvalue weighted by Gasteiger charge is -2.30. The number of dihydropyridines is 1. The lowest BCUT2D eigenvalue weighted by molar-refractivity contribution is -0.757. The Labute approximate surface area is 206 Å². The molecular weight excluding hydrogens is 482 g/mol. The predicted octanol–water partition coefficient (Wildman–Crippen LogP) is 4.45. The van der Waals surface area contributed by atoms with Crippen LogP contribution in [-0.2, 0) is 23.8 Å². The Morgan fingerprint density at radius 3 is 2.11 bits per heavy atom. The first-order valence-corrected chi connectivity index (χ1v) is 11.0. The maximum Gasteiger partial charge on any atom is 0.513 e. The highest BCUT2D eigenvalue weighted by Crippen LogP contribution is 2.40. The van der Waals surface area contributed by atoms with Gasteiger partial charge in [-0.25, -0.2) is 9.59 Å². The van der Waals surface area contributed by atoms with E-state index in [1.54, 1.807) is 19.9 Å². The number of nitrogens with one attached hydrogen (secondary N) is 1. The highest BCUT2D eigenvalue weighted by molar-refractivity contribution is 5.65. The van der Waals surface area contributed by atoms with Crippen molar-refractivity contribution in [1.82, 2.24) is 5.32 Å². The molecule has 0 aromatic heterocycles. The number of nitro groups is 1. The van der Waals surface area contributed by atoms with E-state index in [9.17, 15) is 29.8 Å². The Balaban J connectivity index is 2.32. The summed E-state index contributed by atoms with van der Waals surface area (Å²) < 4.78 is 20.7. The molecule has 2 rings (SSSR count). The van der Waals surface area contributed by atoms with Crippen LogP contribution < -0.4 is 5.32 Å². The fourth-order valence-corrected chi connectivity index (χ4v) is 3.33. The number of nitro benzene ring substituents is 1. The van der Waals surface area contributed by atoms with E-state index in [2.05, 4.69) is 10.2 Å². The number of hydrogen-bond acceptors (Lipinski definition) is 12. The first-order valence-electron chi connectivity index (χ1n) is 11.0. The molecule has 1 heterocycles. The zero-order valence-corrected chi connectivity index (χ0v) is 20.0. The van der Waals surface area contributed by atoms with Gasteiger partial charge >= 0.3 is 12.3 Å². The SMILES string of the molecule is CCCCCOC(=O)OC1=C(C)NC(C)=C(OC(=O)OCCO[N+](=O)[O-])C1c1cccc([N+](=O)[O-])c1. The largest absolute Gasteiger partial charge is 0.513 e. The van der Waals surface area contributed by atoms with Gasteiger partial charge < -0.3 is 29.1 Å². The summed E-state index contributed by atoms with van der Waals surface area (Å²) in [6.45, 7) is 4.35. The van der Waals surface area contributed by atoms with Gasteiger partial charge in [0.15, 0.2) is 0 Å². The van der Waals surface area contributed by atoms with Gasteiger partial charge in [0.1, 0.15) is 30.6 Å². The average molecular weight is 509 g/mol. The monoisotopic (exact) mass is 509 g/mol. The van der Waals surface area contributed by atoms with E-state index in [1.165, 1.54) is 18.2 Å². The summed E-state index contributed by atoms with van der Waals surface area (Å²) in [6.07, 6.45) is 0.239. The number of ether oxygens (including phenoxy) is 4. The molecule has 0 spiro atoms. The number of rotatable bonds is 12. The molecule has 0 saturated heterocycles. The maximum atomic E-state index is 12.4. The Bertz CT molecular complexity index is 1050. The summed E-state index contributed by atoms with van der Waals surface area (Å²) >= 11 is 0. The fourth-order valence-electron chi connectivity index (χ4n) is 3.33. The predicted molar refractivity (Wildman–Crippen MR) is 122 cm³/mol. The Hall–Kier alpha value is -4.36. The summed E-state index contributed by atoms with van der Waals surface area (Å²) in [5.41, 5.74) is 0.778. The van der Waals surface area contributed by atoms with E-state index in [1.807, 2.05) is 6.92 Å². The van der Waals surface area contributed by atoms with E-state index in [0.717, 1.165) is 12.8 Å². The van der Waals surface area contributed by atoms with Crippen LogP contribution in [0.25, 0.3) is 0 Å². The van der Waals surface area contributed by atoms with Crippen molar-refractivity contribution in [2.45, 2.75) is 46.0 Å². The van der Waals surface area contributed by atoms with Crippen LogP contribution in [0.4, 0.5) is 15.3 Å². The highest BCUT2D eigenvalue weighted by atomic mass is 17.0. The molecule has 1 N–H and O–H groups in total. The first kappa shape index (κ1) is 27.9. The number of carbonyl (C=O) groups excluding carboxylic acids is 2. The van der Waals surface area contributed by atoms with E-state index in [0.29, 0.717) is 17.8 Å². The van der Waals surface area contributed by atoms with Gasteiger partial charge in [-0.05, 0) is 25.8 Å². The molecular formula is C22H27N3O11. The van der Waals surface area contributed by atoms with Crippen LogP contribution in [0.2, 0.25) is 0 Å². The van der Waals surface area contributed by atoms with Crippen LogP contribution in [0.5, 0.6) is 0 Å². The molecule has 1 aromatic rings. The number of allylic oxidation sites excluding steroid dienone is 2. The van der Waals surface area contributed by atoms with Crippen LogP contribution in [0.15, 0.2) is 47.2 Å². The van der Waals surface area contributed by atoms with Crippen molar-refractivity contribution < 1.29 is 43.4 Å². The number of nitrogens with zero attached hydrogens (tertiary/aromatic N) is 2. The number of carbonyl (C=O) groups is 2. The fraction of sp³-hybridized carbons (Fsp3) is 0.455. The Morgan fingerprint density at radius 2 is 1.56 bits per heavy atom. The average Bonchev–Trinajstić information content (AvgIpc) is 2.82. The molecule has 1 aliphatic rings. The second-order valence-electron chi connectivity index (χ2n) is 7.55. The summed E-state index contributed by atoms with van der Waals surface area (Å²) in [6, 6.07) is 5.52. The van der Waals surface area contributed by atoms with Gasteiger partial charge in [0.2, 0.25) is 0 Å². The topological polar surface area (TPSA) is 179 Å². The molecule has 14 nitrogen and oxygen atoms in total. The third-order valence-corrected chi connectivity index (χ3v) is 4.91. The van der Waals surface area contributed by atoms with E-state index in [4.69, 9.17) is 18.9 Å². The Kier molecular flexibility index (Phi) is 10.5. The zero-order valence-electron chi connectivity index (χ0n) is 20.0. The van der Waals surface area contributed by atoms with Gasteiger partial charge in [-0.3, -0.25) is 10.1 Å². The minimum Gasteiger partial charge on any atom is -0.434 e.